The summed E-state index contributed by atoms with van der Waals surface area (Å²) in [7, 11) is 0. The lowest BCUT2D eigenvalue weighted by atomic mass is 10.0. The van der Waals surface area contributed by atoms with Crippen LogP contribution in [-0.2, 0) is 0 Å². The summed E-state index contributed by atoms with van der Waals surface area (Å²) in [6, 6.07) is 7.70. The van der Waals surface area contributed by atoms with Gasteiger partial charge in [-0.3, -0.25) is 9.69 Å². The van der Waals surface area contributed by atoms with E-state index in [1.54, 1.807) is 0 Å². The largest absolute Gasteiger partial charge is 0.494 e. The Morgan fingerprint density at radius 3 is 2.67 bits per heavy atom. The van der Waals surface area contributed by atoms with Crippen LogP contribution in [0.3, 0.4) is 0 Å². The molecule has 1 aliphatic rings. The molecule has 4 rings (SSSR count). The van der Waals surface area contributed by atoms with Crippen molar-refractivity contribution >= 4 is 10.9 Å². The van der Waals surface area contributed by atoms with Gasteiger partial charge in [-0.1, -0.05) is 26.7 Å². The fourth-order valence-electron chi connectivity index (χ4n) is 4.54. The second-order valence-corrected chi connectivity index (χ2v) is 7.78. The van der Waals surface area contributed by atoms with Crippen molar-refractivity contribution in [3.63, 3.8) is 0 Å². The Bertz CT molecular complexity index is 1050. The SMILES string of the molecule is CCOc1ccc2[nH]c(=O)c([C@@H](c3nnnn3C3CCCC3)N(CC)CC)cc2c1. The molecule has 0 amide bonds. The van der Waals surface area contributed by atoms with Crippen LogP contribution in [0.5, 0.6) is 5.75 Å². The van der Waals surface area contributed by atoms with Crippen LogP contribution >= 0.6 is 0 Å². The molecule has 0 saturated heterocycles. The topological polar surface area (TPSA) is 88.9 Å². The van der Waals surface area contributed by atoms with Crippen LogP contribution in [0, 0.1) is 0 Å². The average molecular weight is 411 g/mol. The molecule has 8 nitrogen and oxygen atoms in total. The molecule has 0 aliphatic heterocycles. The van der Waals surface area contributed by atoms with Crippen LogP contribution < -0.4 is 10.3 Å². The van der Waals surface area contributed by atoms with Crippen LogP contribution in [0.25, 0.3) is 10.9 Å². The molecule has 1 fully saturated rings. The van der Waals surface area contributed by atoms with Crippen molar-refractivity contribution in [3.05, 3.63) is 46.0 Å². The molecule has 1 aliphatic carbocycles. The summed E-state index contributed by atoms with van der Waals surface area (Å²) < 4.78 is 7.61. The van der Waals surface area contributed by atoms with Gasteiger partial charge in [-0.15, -0.1) is 5.10 Å². The molecule has 0 radical (unpaired) electrons. The highest BCUT2D eigenvalue weighted by molar-refractivity contribution is 5.80. The van der Waals surface area contributed by atoms with E-state index in [-0.39, 0.29) is 11.6 Å². The molecule has 1 N–H and O–H groups in total. The number of pyridine rings is 1. The normalized spacial score (nSPS) is 15.9. The lowest BCUT2D eigenvalue weighted by Crippen LogP contribution is -2.35. The van der Waals surface area contributed by atoms with Gasteiger partial charge < -0.3 is 9.72 Å². The monoisotopic (exact) mass is 410 g/mol. The number of aromatic amines is 1. The van der Waals surface area contributed by atoms with Crippen LogP contribution in [-0.4, -0.2) is 49.8 Å². The maximum Gasteiger partial charge on any atom is 0.253 e. The summed E-state index contributed by atoms with van der Waals surface area (Å²) in [5.41, 5.74) is 1.35. The molecule has 0 unspecified atom stereocenters. The molecule has 1 aromatic carbocycles. The second-order valence-electron chi connectivity index (χ2n) is 7.78. The Kier molecular flexibility index (Phi) is 6.13. The molecule has 2 heterocycles. The highest BCUT2D eigenvalue weighted by Gasteiger charge is 2.32. The Balaban J connectivity index is 1.85. The predicted octanol–water partition coefficient (Wildman–Crippen LogP) is 3.46. The minimum absolute atomic E-state index is 0.107. The van der Waals surface area contributed by atoms with E-state index in [0.717, 1.165) is 48.4 Å². The Morgan fingerprint density at radius 2 is 1.97 bits per heavy atom. The van der Waals surface area contributed by atoms with Crippen molar-refractivity contribution in [3.8, 4) is 5.75 Å². The number of nitrogens with zero attached hydrogens (tertiary/aromatic N) is 5. The standard InChI is InChI=1S/C22H30N6O2/c1-4-27(5-2)20(21-24-25-26-28(21)16-9-7-8-10-16)18-14-15-13-17(30-6-3)11-12-19(15)23-22(18)29/h11-14,16,20H,4-10H2,1-3H3,(H,23,29)/t20-/m0/s1. The van der Waals surface area contributed by atoms with Crippen LogP contribution in [0.15, 0.2) is 29.1 Å². The van der Waals surface area contributed by atoms with E-state index in [1.165, 1.54) is 12.8 Å². The van der Waals surface area contributed by atoms with Crippen LogP contribution in [0.1, 0.15) is 69.9 Å². The third kappa shape index (κ3) is 3.84. The van der Waals surface area contributed by atoms with E-state index in [9.17, 15) is 4.79 Å². The molecule has 0 bridgehead atoms. The zero-order chi connectivity index (χ0) is 21.1. The zero-order valence-electron chi connectivity index (χ0n) is 18.0. The first-order valence-electron chi connectivity index (χ1n) is 11.0. The molecule has 1 saturated carbocycles. The van der Waals surface area contributed by atoms with Crippen molar-refractivity contribution in [2.75, 3.05) is 19.7 Å². The van der Waals surface area contributed by atoms with E-state index in [0.29, 0.717) is 18.2 Å². The fraction of sp³-hybridized carbons (Fsp3) is 0.545. The highest BCUT2D eigenvalue weighted by atomic mass is 16.5. The summed E-state index contributed by atoms with van der Waals surface area (Å²) in [5, 5.41) is 13.7. The van der Waals surface area contributed by atoms with Crippen molar-refractivity contribution in [2.24, 2.45) is 0 Å². The van der Waals surface area contributed by atoms with E-state index in [1.807, 2.05) is 35.9 Å². The van der Waals surface area contributed by atoms with Gasteiger partial charge in [0.2, 0.25) is 0 Å². The van der Waals surface area contributed by atoms with Gasteiger partial charge in [0.05, 0.1) is 12.6 Å². The third-order valence-electron chi connectivity index (χ3n) is 6.06. The summed E-state index contributed by atoms with van der Waals surface area (Å²) >= 11 is 0. The second kappa shape index (κ2) is 8.95. The fourth-order valence-corrected chi connectivity index (χ4v) is 4.54. The molecular weight excluding hydrogens is 380 g/mol. The van der Waals surface area contributed by atoms with Gasteiger partial charge in [0.25, 0.3) is 5.56 Å². The van der Waals surface area contributed by atoms with Gasteiger partial charge in [-0.25, -0.2) is 4.68 Å². The molecule has 0 spiro atoms. The van der Waals surface area contributed by atoms with Gasteiger partial charge in [0.15, 0.2) is 5.82 Å². The average Bonchev–Trinajstić information content (AvgIpc) is 3.44. The summed E-state index contributed by atoms with van der Waals surface area (Å²) in [5.74, 6) is 1.54. The van der Waals surface area contributed by atoms with Crippen LogP contribution in [0.4, 0.5) is 0 Å². The number of H-pyrrole nitrogens is 1. The third-order valence-corrected chi connectivity index (χ3v) is 6.06. The first-order chi connectivity index (χ1) is 14.7. The smallest absolute Gasteiger partial charge is 0.253 e. The number of hydrogen-bond donors (Lipinski definition) is 1. The number of aromatic nitrogens is 5. The summed E-state index contributed by atoms with van der Waals surface area (Å²) in [6.45, 7) is 8.33. The minimum Gasteiger partial charge on any atom is -0.494 e. The molecule has 1 atom stereocenters. The van der Waals surface area contributed by atoms with Gasteiger partial charge in [0.1, 0.15) is 11.8 Å². The maximum absolute atomic E-state index is 13.2. The van der Waals surface area contributed by atoms with Crippen molar-refractivity contribution in [1.29, 1.82) is 0 Å². The van der Waals surface area contributed by atoms with Gasteiger partial charge in [-0.2, -0.15) is 0 Å². The Labute approximate surface area is 176 Å². The number of ether oxygens (including phenoxy) is 1. The van der Waals surface area contributed by atoms with E-state index >= 15 is 0 Å². The summed E-state index contributed by atoms with van der Waals surface area (Å²) in [4.78, 5) is 18.4. The van der Waals surface area contributed by atoms with Crippen LogP contribution in [0.2, 0.25) is 0 Å². The number of tetrazole rings is 1. The summed E-state index contributed by atoms with van der Waals surface area (Å²) in [6.07, 6.45) is 4.54. The number of benzene rings is 1. The molecular formula is C22H30N6O2. The van der Waals surface area contributed by atoms with Crippen molar-refractivity contribution in [1.82, 2.24) is 30.1 Å². The Hall–Kier alpha value is -2.74. The predicted molar refractivity (Wildman–Crippen MR) is 116 cm³/mol. The van der Waals surface area contributed by atoms with E-state index in [2.05, 4.69) is 39.3 Å². The maximum atomic E-state index is 13.2. The molecule has 2 aromatic heterocycles. The molecule has 3 aromatic rings. The number of hydrogen-bond acceptors (Lipinski definition) is 6. The first kappa shape index (κ1) is 20.5. The lowest BCUT2D eigenvalue weighted by Gasteiger charge is -2.29. The van der Waals surface area contributed by atoms with Crippen molar-refractivity contribution < 1.29 is 4.74 Å². The number of fused-ring (bicyclic) bond motifs is 1. The van der Waals surface area contributed by atoms with Crippen molar-refractivity contribution in [2.45, 2.75) is 58.5 Å². The van der Waals surface area contributed by atoms with Gasteiger partial charge in [0, 0.05) is 16.5 Å². The van der Waals surface area contributed by atoms with E-state index < -0.39 is 0 Å². The highest BCUT2D eigenvalue weighted by Crippen LogP contribution is 2.33. The number of nitrogens with one attached hydrogen (secondary N) is 1. The zero-order valence-corrected chi connectivity index (χ0v) is 18.0. The van der Waals surface area contributed by atoms with Gasteiger partial charge in [-0.05, 0) is 67.5 Å². The Morgan fingerprint density at radius 1 is 1.20 bits per heavy atom. The molecule has 30 heavy (non-hydrogen) atoms. The lowest BCUT2D eigenvalue weighted by molar-refractivity contribution is 0.230. The minimum atomic E-state index is -0.306. The number of rotatable bonds is 8. The molecule has 160 valence electrons. The quantitative estimate of drug-likeness (QED) is 0.612. The van der Waals surface area contributed by atoms with Gasteiger partial charge >= 0.3 is 0 Å². The van der Waals surface area contributed by atoms with E-state index in [4.69, 9.17) is 4.74 Å². The molecule has 8 heteroatoms. The first-order valence-corrected chi connectivity index (χ1v) is 11.0.